The SMILES string of the molecule is CN=C(NCC1CC(=O)N(CCc2ccccc2)C1)NCC1(c2ccccc2F)CC1. The zero-order valence-electron chi connectivity index (χ0n) is 18.1. The van der Waals surface area contributed by atoms with Crippen LogP contribution in [0.3, 0.4) is 0 Å². The molecule has 4 rings (SSSR count). The van der Waals surface area contributed by atoms with Crippen LogP contribution in [0.15, 0.2) is 59.6 Å². The first-order chi connectivity index (χ1) is 15.1. The Kier molecular flexibility index (Phi) is 6.54. The van der Waals surface area contributed by atoms with E-state index in [1.165, 1.54) is 11.6 Å². The molecule has 1 amide bonds. The monoisotopic (exact) mass is 422 g/mol. The molecule has 1 saturated heterocycles. The van der Waals surface area contributed by atoms with Gasteiger partial charge in [-0.1, -0.05) is 48.5 Å². The van der Waals surface area contributed by atoms with Crippen molar-refractivity contribution in [1.82, 2.24) is 15.5 Å². The van der Waals surface area contributed by atoms with Gasteiger partial charge in [0.15, 0.2) is 5.96 Å². The highest BCUT2D eigenvalue weighted by atomic mass is 19.1. The lowest BCUT2D eigenvalue weighted by molar-refractivity contribution is -0.127. The minimum absolute atomic E-state index is 0.134. The summed E-state index contributed by atoms with van der Waals surface area (Å²) in [6, 6.07) is 17.3. The normalized spacial score (nSPS) is 20.1. The number of hydrogen-bond donors (Lipinski definition) is 2. The number of nitrogens with one attached hydrogen (secondary N) is 2. The lowest BCUT2D eigenvalue weighted by Crippen LogP contribution is -2.43. The Morgan fingerprint density at radius 1 is 1.13 bits per heavy atom. The van der Waals surface area contributed by atoms with Gasteiger partial charge in [0.2, 0.25) is 5.91 Å². The highest BCUT2D eigenvalue weighted by Crippen LogP contribution is 2.48. The molecule has 1 heterocycles. The van der Waals surface area contributed by atoms with E-state index in [1.54, 1.807) is 13.1 Å². The number of hydrogen-bond acceptors (Lipinski definition) is 2. The maximum absolute atomic E-state index is 14.2. The summed E-state index contributed by atoms with van der Waals surface area (Å²) in [5.74, 6) is 1.06. The maximum atomic E-state index is 14.2. The van der Waals surface area contributed by atoms with Crippen molar-refractivity contribution in [2.45, 2.75) is 31.1 Å². The van der Waals surface area contributed by atoms with Crippen molar-refractivity contribution in [3.05, 3.63) is 71.5 Å². The van der Waals surface area contributed by atoms with E-state index in [4.69, 9.17) is 0 Å². The molecule has 1 aliphatic heterocycles. The fourth-order valence-corrected chi connectivity index (χ4v) is 4.41. The van der Waals surface area contributed by atoms with Gasteiger partial charge in [0.25, 0.3) is 0 Å². The summed E-state index contributed by atoms with van der Waals surface area (Å²) in [4.78, 5) is 18.7. The van der Waals surface area contributed by atoms with Crippen molar-refractivity contribution in [3.63, 3.8) is 0 Å². The van der Waals surface area contributed by atoms with Gasteiger partial charge in [-0.25, -0.2) is 4.39 Å². The Morgan fingerprint density at radius 2 is 1.87 bits per heavy atom. The zero-order valence-corrected chi connectivity index (χ0v) is 18.1. The van der Waals surface area contributed by atoms with Gasteiger partial charge in [-0.05, 0) is 36.5 Å². The quantitative estimate of drug-likeness (QED) is 0.508. The van der Waals surface area contributed by atoms with E-state index in [-0.39, 0.29) is 23.1 Å². The molecule has 2 aliphatic rings. The van der Waals surface area contributed by atoms with Gasteiger partial charge in [-0.15, -0.1) is 0 Å². The number of likely N-dealkylation sites (tertiary alicyclic amines) is 1. The highest BCUT2D eigenvalue weighted by Gasteiger charge is 2.45. The van der Waals surface area contributed by atoms with E-state index in [2.05, 4.69) is 27.8 Å². The van der Waals surface area contributed by atoms with Crippen LogP contribution < -0.4 is 10.6 Å². The average molecular weight is 423 g/mol. The van der Waals surface area contributed by atoms with Gasteiger partial charge in [0, 0.05) is 51.0 Å². The topological polar surface area (TPSA) is 56.7 Å². The summed E-state index contributed by atoms with van der Waals surface area (Å²) < 4.78 is 14.2. The number of benzene rings is 2. The molecule has 1 aliphatic carbocycles. The van der Waals surface area contributed by atoms with Gasteiger partial charge in [-0.3, -0.25) is 9.79 Å². The van der Waals surface area contributed by atoms with Crippen LogP contribution in [0, 0.1) is 11.7 Å². The van der Waals surface area contributed by atoms with Gasteiger partial charge < -0.3 is 15.5 Å². The molecule has 0 radical (unpaired) electrons. The lowest BCUT2D eigenvalue weighted by Gasteiger charge is -2.21. The lowest BCUT2D eigenvalue weighted by atomic mass is 9.95. The molecule has 1 saturated carbocycles. The van der Waals surface area contributed by atoms with Crippen molar-refractivity contribution in [3.8, 4) is 0 Å². The third-order valence-electron chi connectivity index (χ3n) is 6.48. The molecule has 5 nitrogen and oxygen atoms in total. The smallest absolute Gasteiger partial charge is 0.223 e. The molecule has 2 fully saturated rings. The molecule has 0 spiro atoms. The zero-order chi connectivity index (χ0) is 21.7. The number of rotatable bonds is 8. The molecule has 1 atom stereocenters. The van der Waals surface area contributed by atoms with E-state index in [9.17, 15) is 9.18 Å². The standard InChI is InChI=1S/C25H31FN4O/c1-27-24(29-18-25(12-13-25)21-9-5-6-10-22(21)26)28-16-20-15-23(31)30(17-20)14-11-19-7-3-2-4-8-19/h2-10,20H,11-18H2,1H3,(H2,27,28,29). The van der Waals surface area contributed by atoms with Crippen LogP contribution in [0.1, 0.15) is 30.4 Å². The fraction of sp³-hybridized carbons (Fsp3) is 0.440. The van der Waals surface area contributed by atoms with E-state index >= 15 is 0 Å². The Labute approximate surface area is 183 Å². The number of halogens is 1. The first kappa shape index (κ1) is 21.3. The van der Waals surface area contributed by atoms with Crippen LogP contribution in [0.5, 0.6) is 0 Å². The van der Waals surface area contributed by atoms with Crippen molar-refractivity contribution >= 4 is 11.9 Å². The second-order valence-corrected chi connectivity index (χ2v) is 8.71. The first-order valence-electron chi connectivity index (χ1n) is 11.1. The van der Waals surface area contributed by atoms with Crippen molar-refractivity contribution in [1.29, 1.82) is 0 Å². The van der Waals surface area contributed by atoms with Crippen LogP contribution >= 0.6 is 0 Å². The molecular formula is C25H31FN4O. The van der Waals surface area contributed by atoms with E-state index < -0.39 is 0 Å². The number of carbonyl (C=O) groups excluding carboxylic acids is 1. The molecule has 0 aromatic heterocycles. The van der Waals surface area contributed by atoms with Gasteiger partial charge >= 0.3 is 0 Å². The van der Waals surface area contributed by atoms with E-state index in [0.29, 0.717) is 25.5 Å². The van der Waals surface area contributed by atoms with Gasteiger partial charge in [-0.2, -0.15) is 0 Å². The Balaban J connectivity index is 1.23. The third-order valence-corrected chi connectivity index (χ3v) is 6.48. The summed E-state index contributed by atoms with van der Waals surface area (Å²) in [5, 5.41) is 6.72. The van der Waals surface area contributed by atoms with Gasteiger partial charge in [0.05, 0.1) is 0 Å². The Hall–Kier alpha value is -2.89. The molecule has 1 unspecified atom stereocenters. The minimum Gasteiger partial charge on any atom is -0.356 e. The van der Waals surface area contributed by atoms with Crippen LogP contribution in [0.2, 0.25) is 0 Å². The van der Waals surface area contributed by atoms with Crippen LogP contribution in [-0.4, -0.2) is 50.0 Å². The second kappa shape index (κ2) is 9.50. The summed E-state index contributed by atoms with van der Waals surface area (Å²) in [5.41, 5.74) is 1.90. The maximum Gasteiger partial charge on any atom is 0.223 e. The minimum atomic E-state index is -0.138. The first-order valence-corrected chi connectivity index (χ1v) is 11.1. The predicted molar refractivity (Wildman–Crippen MR) is 122 cm³/mol. The van der Waals surface area contributed by atoms with Crippen LogP contribution in [-0.2, 0) is 16.6 Å². The summed E-state index contributed by atoms with van der Waals surface area (Å²) in [6.45, 7) is 2.88. The molecular weight excluding hydrogens is 391 g/mol. The number of aliphatic imine (C=N–C) groups is 1. The number of guanidine groups is 1. The molecule has 2 N–H and O–H groups in total. The Morgan fingerprint density at radius 3 is 2.58 bits per heavy atom. The van der Waals surface area contributed by atoms with Crippen LogP contribution in [0.25, 0.3) is 0 Å². The molecule has 164 valence electrons. The molecule has 2 aromatic rings. The van der Waals surface area contributed by atoms with Crippen molar-refractivity contribution in [2.24, 2.45) is 10.9 Å². The third kappa shape index (κ3) is 5.24. The van der Waals surface area contributed by atoms with Crippen molar-refractivity contribution in [2.75, 3.05) is 33.2 Å². The number of amides is 1. The summed E-state index contributed by atoms with van der Waals surface area (Å²) in [7, 11) is 1.74. The fourth-order valence-electron chi connectivity index (χ4n) is 4.41. The Bertz CT molecular complexity index is 926. The summed E-state index contributed by atoms with van der Waals surface area (Å²) >= 11 is 0. The number of nitrogens with zero attached hydrogens (tertiary/aromatic N) is 2. The molecule has 31 heavy (non-hydrogen) atoms. The average Bonchev–Trinajstić information content (AvgIpc) is 3.49. The van der Waals surface area contributed by atoms with Crippen molar-refractivity contribution < 1.29 is 9.18 Å². The van der Waals surface area contributed by atoms with E-state index in [1.807, 2.05) is 35.2 Å². The molecule has 2 aromatic carbocycles. The van der Waals surface area contributed by atoms with Crippen LogP contribution in [0.4, 0.5) is 4.39 Å². The summed E-state index contributed by atoms with van der Waals surface area (Å²) in [6.07, 6.45) is 3.41. The highest BCUT2D eigenvalue weighted by molar-refractivity contribution is 5.81. The van der Waals surface area contributed by atoms with Gasteiger partial charge in [0.1, 0.15) is 5.82 Å². The predicted octanol–water partition coefficient (Wildman–Crippen LogP) is 3.11. The second-order valence-electron chi connectivity index (χ2n) is 8.71. The molecule has 6 heteroatoms. The number of carbonyl (C=O) groups is 1. The molecule has 0 bridgehead atoms. The van der Waals surface area contributed by atoms with E-state index in [0.717, 1.165) is 37.9 Å². The largest absolute Gasteiger partial charge is 0.356 e.